The van der Waals surface area contributed by atoms with Crippen molar-refractivity contribution in [2.75, 3.05) is 6.54 Å². The minimum absolute atomic E-state index is 0.109. The van der Waals surface area contributed by atoms with Crippen molar-refractivity contribution in [1.82, 2.24) is 13.4 Å². The molecule has 1 N–H and O–H groups in total. The minimum atomic E-state index is -4.03. The number of carboxylic acids is 1. The predicted molar refractivity (Wildman–Crippen MR) is 89.0 cm³/mol. The zero-order valence-corrected chi connectivity index (χ0v) is 14.5. The molecule has 1 unspecified atom stereocenters. The van der Waals surface area contributed by atoms with Crippen molar-refractivity contribution in [3.05, 3.63) is 38.9 Å². The van der Waals surface area contributed by atoms with Crippen LogP contribution in [-0.2, 0) is 28.9 Å². The van der Waals surface area contributed by atoms with E-state index in [1.54, 1.807) is 0 Å². The molecule has 1 aliphatic rings. The summed E-state index contributed by atoms with van der Waals surface area (Å²) >= 11 is 0. The first-order valence-electron chi connectivity index (χ1n) is 7.60. The summed E-state index contributed by atoms with van der Waals surface area (Å²) in [6, 6.07) is 2.96. The fourth-order valence-corrected chi connectivity index (χ4v) is 4.80. The van der Waals surface area contributed by atoms with Gasteiger partial charge in [-0.1, -0.05) is 0 Å². The first-order chi connectivity index (χ1) is 11.7. The molecular formula is C15H17N3O6S. The van der Waals surface area contributed by atoms with Gasteiger partial charge in [-0.25, -0.2) is 8.42 Å². The van der Waals surface area contributed by atoms with E-state index < -0.39 is 33.2 Å². The molecule has 1 fully saturated rings. The number of carboxylic acid groups (broad SMARTS) is 1. The second kappa shape index (κ2) is 5.81. The topological polar surface area (TPSA) is 119 Å². The predicted octanol–water partition coefficient (Wildman–Crippen LogP) is -0.525. The van der Waals surface area contributed by atoms with Gasteiger partial charge in [0.15, 0.2) is 0 Å². The molecular weight excluding hydrogens is 350 g/mol. The Bertz CT molecular complexity index is 1100. The van der Waals surface area contributed by atoms with Crippen molar-refractivity contribution in [2.24, 2.45) is 14.1 Å². The number of aromatic nitrogens is 2. The lowest BCUT2D eigenvalue weighted by molar-refractivity contribution is -0.140. The van der Waals surface area contributed by atoms with Crippen molar-refractivity contribution in [1.29, 1.82) is 0 Å². The quantitative estimate of drug-likeness (QED) is 0.729. The number of aryl methyl sites for hydroxylation is 2. The van der Waals surface area contributed by atoms with Crippen LogP contribution in [0.15, 0.2) is 32.7 Å². The number of hydrogen-bond acceptors (Lipinski definition) is 5. The summed E-state index contributed by atoms with van der Waals surface area (Å²) in [7, 11) is -1.21. The van der Waals surface area contributed by atoms with Crippen LogP contribution in [0.4, 0.5) is 0 Å². The Balaban J connectivity index is 2.21. The van der Waals surface area contributed by atoms with Crippen LogP contribution in [0.1, 0.15) is 12.8 Å². The molecule has 9 nitrogen and oxygen atoms in total. The normalized spacial score (nSPS) is 18.7. The van der Waals surface area contributed by atoms with Crippen LogP contribution >= 0.6 is 0 Å². The molecule has 1 atom stereocenters. The third-order valence-corrected chi connectivity index (χ3v) is 6.46. The number of benzene rings is 1. The van der Waals surface area contributed by atoms with Gasteiger partial charge in [-0.3, -0.25) is 14.4 Å². The molecule has 0 bridgehead atoms. The zero-order valence-electron chi connectivity index (χ0n) is 13.7. The first-order valence-corrected chi connectivity index (χ1v) is 9.04. The van der Waals surface area contributed by atoms with Gasteiger partial charge in [-0.2, -0.15) is 4.31 Å². The molecule has 0 amide bonds. The largest absolute Gasteiger partial charge is 0.480 e. The lowest BCUT2D eigenvalue weighted by atomic mass is 10.2. The molecule has 134 valence electrons. The molecule has 2 aromatic rings. The molecule has 0 radical (unpaired) electrons. The monoisotopic (exact) mass is 367 g/mol. The van der Waals surface area contributed by atoms with Crippen LogP contribution < -0.4 is 11.1 Å². The van der Waals surface area contributed by atoms with E-state index >= 15 is 0 Å². The summed E-state index contributed by atoms with van der Waals surface area (Å²) < 4.78 is 28.9. The molecule has 0 spiro atoms. The van der Waals surface area contributed by atoms with Crippen LogP contribution in [0.5, 0.6) is 0 Å². The molecule has 1 aromatic heterocycles. The van der Waals surface area contributed by atoms with E-state index in [9.17, 15) is 27.9 Å². The summed E-state index contributed by atoms with van der Waals surface area (Å²) in [4.78, 5) is 35.0. The Morgan fingerprint density at radius 3 is 2.32 bits per heavy atom. The van der Waals surface area contributed by atoms with Crippen LogP contribution in [0.25, 0.3) is 11.0 Å². The lowest BCUT2D eigenvalue weighted by Gasteiger charge is -2.21. The van der Waals surface area contributed by atoms with Gasteiger partial charge in [-0.05, 0) is 31.0 Å². The van der Waals surface area contributed by atoms with Gasteiger partial charge in [0, 0.05) is 20.6 Å². The highest BCUT2D eigenvalue weighted by atomic mass is 32.2. The van der Waals surface area contributed by atoms with E-state index in [1.807, 2.05) is 0 Å². The van der Waals surface area contributed by atoms with Gasteiger partial charge in [0.05, 0.1) is 15.9 Å². The van der Waals surface area contributed by atoms with Crippen molar-refractivity contribution >= 4 is 27.0 Å². The van der Waals surface area contributed by atoms with E-state index in [0.717, 1.165) is 13.4 Å². The molecule has 0 aliphatic carbocycles. The van der Waals surface area contributed by atoms with Crippen LogP contribution in [0.2, 0.25) is 0 Å². The third-order valence-electron chi connectivity index (χ3n) is 4.56. The Kier molecular flexibility index (Phi) is 4.04. The van der Waals surface area contributed by atoms with Gasteiger partial charge in [0.1, 0.15) is 6.04 Å². The Morgan fingerprint density at radius 2 is 1.72 bits per heavy atom. The van der Waals surface area contributed by atoms with E-state index in [-0.39, 0.29) is 23.4 Å². The van der Waals surface area contributed by atoms with Crippen LogP contribution in [0, 0.1) is 0 Å². The van der Waals surface area contributed by atoms with Gasteiger partial charge in [0.25, 0.3) is 0 Å². The molecule has 3 rings (SSSR count). The van der Waals surface area contributed by atoms with E-state index in [2.05, 4.69) is 0 Å². The zero-order chi connectivity index (χ0) is 18.5. The number of aliphatic carboxylic acids is 1. The average Bonchev–Trinajstić information content (AvgIpc) is 3.08. The van der Waals surface area contributed by atoms with Crippen molar-refractivity contribution < 1.29 is 18.3 Å². The van der Waals surface area contributed by atoms with E-state index in [4.69, 9.17) is 0 Å². The van der Waals surface area contributed by atoms with Gasteiger partial charge < -0.3 is 14.2 Å². The number of rotatable bonds is 3. The molecule has 2 heterocycles. The van der Waals surface area contributed by atoms with Crippen molar-refractivity contribution in [2.45, 2.75) is 23.8 Å². The molecule has 1 aliphatic heterocycles. The first kappa shape index (κ1) is 17.4. The second-order valence-electron chi connectivity index (χ2n) is 5.99. The smallest absolute Gasteiger partial charge is 0.322 e. The van der Waals surface area contributed by atoms with Crippen LogP contribution in [0.3, 0.4) is 0 Å². The summed E-state index contributed by atoms with van der Waals surface area (Å²) in [6.07, 6.45) is 0.728. The van der Waals surface area contributed by atoms with Crippen molar-refractivity contribution in [3.8, 4) is 0 Å². The standard InChI is InChI=1S/C15H17N3O6S/c1-16-10-6-5-9(8-12(10)17(2)14(20)13(16)19)25(23,24)18-7-3-4-11(18)15(21)22/h5-6,8,11H,3-4,7H2,1-2H3,(H,21,22). The highest BCUT2D eigenvalue weighted by Crippen LogP contribution is 2.27. The van der Waals surface area contributed by atoms with Crippen molar-refractivity contribution in [3.63, 3.8) is 0 Å². The number of nitrogens with zero attached hydrogens (tertiary/aromatic N) is 3. The Hall–Kier alpha value is -2.46. The fourth-order valence-electron chi connectivity index (χ4n) is 3.13. The van der Waals surface area contributed by atoms with Gasteiger partial charge >= 0.3 is 17.1 Å². The van der Waals surface area contributed by atoms with Gasteiger partial charge in [0.2, 0.25) is 10.0 Å². The van der Waals surface area contributed by atoms with E-state index in [0.29, 0.717) is 11.9 Å². The molecule has 1 aromatic carbocycles. The number of carbonyl (C=O) groups is 1. The molecule has 0 saturated carbocycles. The molecule has 25 heavy (non-hydrogen) atoms. The summed E-state index contributed by atoms with van der Waals surface area (Å²) in [5.41, 5.74) is -0.799. The van der Waals surface area contributed by atoms with E-state index in [1.165, 1.54) is 32.3 Å². The number of hydrogen-bond donors (Lipinski definition) is 1. The highest BCUT2D eigenvalue weighted by molar-refractivity contribution is 7.89. The molecule has 1 saturated heterocycles. The Labute approximate surface area is 142 Å². The maximum absolute atomic E-state index is 12.8. The number of fused-ring (bicyclic) bond motifs is 1. The Morgan fingerprint density at radius 1 is 1.12 bits per heavy atom. The minimum Gasteiger partial charge on any atom is -0.480 e. The van der Waals surface area contributed by atoms with Gasteiger partial charge in [-0.15, -0.1) is 0 Å². The summed E-state index contributed by atoms with van der Waals surface area (Å²) in [5, 5.41) is 9.22. The summed E-state index contributed by atoms with van der Waals surface area (Å²) in [6.45, 7) is 0.129. The van der Waals surface area contributed by atoms with Crippen LogP contribution in [-0.4, -0.2) is 45.5 Å². The highest BCUT2D eigenvalue weighted by Gasteiger charge is 2.39. The number of sulfonamides is 1. The average molecular weight is 367 g/mol. The molecule has 10 heteroatoms. The third kappa shape index (κ3) is 2.57. The SMILES string of the molecule is Cn1c(=O)c(=O)n(C)c2cc(S(=O)(=O)N3CCCC3C(=O)O)ccc21. The summed E-state index contributed by atoms with van der Waals surface area (Å²) in [5.74, 6) is -1.18. The maximum Gasteiger partial charge on any atom is 0.322 e. The fraction of sp³-hybridized carbons (Fsp3) is 0.400. The maximum atomic E-state index is 12.8. The lowest BCUT2D eigenvalue weighted by Crippen LogP contribution is -2.41. The second-order valence-corrected chi connectivity index (χ2v) is 7.88.